The van der Waals surface area contributed by atoms with Crippen molar-refractivity contribution in [2.75, 3.05) is 5.32 Å². The summed E-state index contributed by atoms with van der Waals surface area (Å²) in [6.07, 6.45) is -3.35. The fourth-order valence-corrected chi connectivity index (χ4v) is 6.07. The lowest BCUT2D eigenvalue weighted by molar-refractivity contribution is -0.141. The number of nitrogens with zero attached hydrogens (tertiary/aromatic N) is 2. The Labute approximate surface area is 216 Å². The number of rotatable bonds is 3. The average Bonchev–Trinajstić information content (AvgIpc) is 3.40. The lowest BCUT2D eigenvalue weighted by Crippen LogP contribution is -2.37. The van der Waals surface area contributed by atoms with Gasteiger partial charge in [0.1, 0.15) is 27.4 Å². The van der Waals surface area contributed by atoms with E-state index < -0.39 is 29.8 Å². The van der Waals surface area contributed by atoms with Crippen molar-refractivity contribution >= 4 is 55.7 Å². The van der Waals surface area contributed by atoms with E-state index in [4.69, 9.17) is 11.6 Å². The van der Waals surface area contributed by atoms with E-state index in [1.807, 2.05) is 35.0 Å². The number of carbonyl (C=O) groups excluding carboxylic acids is 1. The van der Waals surface area contributed by atoms with E-state index in [9.17, 15) is 22.4 Å². The second-order valence-electron chi connectivity index (χ2n) is 8.82. The van der Waals surface area contributed by atoms with Gasteiger partial charge in [-0.2, -0.15) is 13.2 Å². The molecule has 0 saturated carbocycles. The number of pyridine rings is 1. The highest BCUT2D eigenvalue weighted by Gasteiger charge is 2.36. The van der Waals surface area contributed by atoms with Crippen LogP contribution in [0.25, 0.3) is 21.1 Å². The molecule has 0 fully saturated rings. The van der Waals surface area contributed by atoms with Crippen LogP contribution in [0.1, 0.15) is 38.2 Å². The summed E-state index contributed by atoms with van der Waals surface area (Å²) in [5, 5.41) is 7.92. The topological polar surface area (TPSA) is 59.0 Å². The molecule has 11 heteroatoms. The van der Waals surface area contributed by atoms with Crippen LogP contribution in [0.4, 0.5) is 23.2 Å². The van der Waals surface area contributed by atoms with Crippen LogP contribution in [0.15, 0.2) is 54.7 Å². The van der Waals surface area contributed by atoms with Gasteiger partial charge in [0, 0.05) is 39.6 Å². The molecule has 1 atom stereocenters. The Hall–Kier alpha value is -3.63. The van der Waals surface area contributed by atoms with Crippen molar-refractivity contribution in [3.63, 3.8) is 0 Å². The van der Waals surface area contributed by atoms with Crippen LogP contribution in [-0.2, 0) is 12.7 Å². The van der Waals surface area contributed by atoms with Gasteiger partial charge in [-0.3, -0.25) is 4.79 Å². The summed E-state index contributed by atoms with van der Waals surface area (Å²) in [4.78, 5) is 17.3. The monoisotopic (exact) mass is 544 g/mol. The molecule has 0 saturated heterocycles. The first-order chi connectivity index (χ1) is 17.6. The molecule has 0 aliphatic carbocycles. The van der Waals surface area contributed by atoms with Gasteiger partial charge >= 0.3 is 6.18 Å². The summed E-state index contributed by atoms with van der Waals surface area (Å²) in [6, 6.07) is 12.8. The minimum Gasteiger partial charge on any atom is -0.360 e. The van der Waals surface area contributed by atoms with Crippen LogP contribution < -0.4 is 10.6 Å². The summed E-state index contributed by atoms with van der Waals surface area (Å²) in [6.45, 7) is 1.95. The van der Waals surface area contributed by atoms with Crippen molar-refractivity contribution in [3.8, 4) is 0 Å². The van der Waals surface area contributed by atoms with E-state index in [0.717, 1.165) is 39.4 Å². The molecule has 2 N–H and O–H groups in total. The fourth-order valence-electron chi connectivity index (χ4n) is 4.73. The zero-order valence-corrected chi connectivity index (χ0v) is 20.7. The van der Waals surface area contributed by atoms with E-state index in [0.29, 0.717) is 28.2 Å². The maximum atomic E-state index is 13.5. The maximum Gasteiger partial charge on any atom is 0.433 e. The largest absolute Gasteiger partial charge is 0.433 e. The minimum atomic E-state index is -4.59. The molecule has 0 bridgehead atoms. The Morgan fingerprint density at radius 2 is 1.92 bits per heavy atom. The van der Waals surface area contributed by atoms with Crippen LogP contribution in [-0.4, -0.2) is 15.5 Å². The zero-order chi connectivity index (χ0) is 26.1. The van der Waals surface area contributed by atoms with Gasteiger partial charge < -0.3 is 15.2 Å². The molecule has 6 rings (SSSR count). The number of hydrogen-bond acceptors (Lipinski definition) is 4. The van der Waals surface area contributed by atoms with Crippen molar-refractivity contribution in [2.45, 2.75) is 25.8 Å². The number of halogens is 5. The summed E-state index contributed by atoms with van der Waals surface area (Å²) < 4.78 is 55.4. The van der Waals surface area contributed by atoms with Crippen LogP contribution in [0, 0.1) is 12.7 Å². The number of alkyl halides is 3. The standard InChI is InChI=1S/C26H17ClF4N4OS/c1-12-8-19(26(29,30)31)32-25-20(12)21-22(37-25)24(36)34-23(33-21)16-11-35(18-5-3-2-4-15(16)18)10-13-6-7-14(28)9-17(13)27/h2-9,11,23,33H,10H2,1H3,(H,34,36)/t23-/m1/s1. The van der Waals surface area contributed by atoms with E-state index in [1.165, 1.54) is 12.1 Å². The number of nitrogens with one attached hydrogen (secondary N) is 2. The predicted molar refractivity (Wildman–Crippen MR) is 136 cm³/mol. The zero-order valence-electron chi connectivity index (χ0n) is 19.1. The Morgan fingerprint density at radius 3 is 2.68 bits per heavy atom. The minimum absolute atomic E-state index is 0.147. The molecule has 1 aliphatic rings. The Bertz CT molecular complexity index is 1730. The molecule has 4 heterocycles. The number of hydrogen-bond donors (Lipinski definition) is 2. The van der Waals surface area contributed by atoms with Gasteiger partial charge in [0.25, 0.3) is 5.91 Å². The van der Waals surface area contributed by atoms with Crippen LogP contribution in [0.5, 0.6) is 0 Å². The molecular formula is C26H17ClF4N4OS. The van der Waals surface area contributed by atoms with Crippen molar-refractivity contribution in [1.29, 1.82) is 0 Å². The van der Waals surface area contributed by atoms with E-state index in [-0.39, 0.29) is 9.71 Å². The van der Waals surface area contributed by atoms with Crippen molar-refractivity contribution in [3.05, 3.63) is 92.8 Å². The quantitative estimate of drug-likeness (QED) is 0.235. The second kappa shape index (κ2) is 8.46. The second-order valence-corrected chi connectivity index (χ2v) is 10.2. The number of thiophene rings is 1. The summed E-state index contributed by atoms with van der Waals surface area (Å²) in [5.74, 6) is -0.819. The number of fused-ring (bicyclic) bond motifs is 4. The van der Waals surface area contributed by atoms with Gasteiger partial charge in [-0.25, -0.2) is 9.37 Å². The first kappa shape index (κ1) is 23.7. The molecular weight excluding hydrogens is 528 g/mol. The normalized spacial score (nSPS) is 15.6. The highest BCUT2D eigenvalue weighted by molar-refractivity contribution is 7.21. The molecule has 0 spiro atoms. The third-order valence-electron chi connectivity index (χ3n) is 6.41. The number of amides is 1. The van der Waals surface area contributed by atoms with E-state index >= 15 is 0 Å². The molecule has 5 nitrogen and oxygen atoms in total. The molecule has 1 aliphatic heterocycles. The predicted octanol–water partition coefficient (Wildman–Crippen LogP) is 7.27. The molecule has 5 aromatic rings. The van der Waals surface area contributed by atoms with Crippen molar-refractivity contribution in [1.82, 2.24) is 14.9 Å². The number of para-hydroxylation sites is 1. The fraction of sp³-hybridized carbons (Fsp3) is 0.154. The number of aromatic nitrogens is 2. The van der Waals surface area contributed by atoms with Gasteiger partial charge in [-0.05, 0) is 42.3 Å². The van der Waals surface area contributed by atoms with E-state index in [2.05, 4.69) is 15.6 Å². The van der Waals surface area contributed by atoms with Gasteiger partial charge in [0.2, 0.25) is 0 Å². The third-order valence-corrected chi connectivity index (χ3v) is 7.84. The molecule has 2 aromatic carbocycles. The lowest BCUT2D eigenvalue weighted by Gasteiger charge is -2.26. The number of aryl methyl sites for hydroxylation is 1. The van der Waals surface area contributed by atoms with Crippen molar-refractivity contribution < 1.29 is 22.4 Å². The SMILES string of the molecule is Cc1cc(C(F)(F)F)nc2sc3c(c12)N[C@@H](c1cn(Cc2ccc(F)cc2Cl)c2ccccc12)NC3=O. The first-order valence-electron chi connectivity index (χ1n) is 11.2. The smallest absolute Gasteiger partial charge is 0.360 e. The van der Waals surface area contributed by atoms with Crippen LogP contribution >= 0.6 is 22.9 Å². The van der Waals surface area contributed by atoms with Gasteiger partial charge in [0.15, 0.2) is 0 Å². The van der Waals surface area contributed by atoms with Crippen molar-refractivity contribution in [2.24, 2.45) is 0 Å². The lowest BCUT2D eigenvalue weighted by atomic mass is 10.1. The van der Waals surface area contributed by atoms with Crippen LogP contribution in [0.2, 0.25) is 5.02 Å². The number of carbonyl (C=O) groups is 1. The number of anilines is 1. The van der Waals surface area contributed by atoms with Gasteiger partial charge in [0.05, 0.1) is 5.69 Å². The Morgan fingerprint density at radius 1 is 1.14 bits per heavy atom. The molecule has 0 radical (unpaired) electrons. The average molecular weight is 545 g/mol. The third kappa shape index (κ3) is 4.00. The first-order valence-corrected chi connectivity index (χ1v) is 12.4. The molecule has 0 unspecified atom stereocenters. The Balaban J connectivity index is 1.43. The van der Waals surface area contributed by atoms with Crippen LogP contribution in [0.3, 0.4) is 0 Å². The highest BCUT2D eigenvalue weighted by Crippen LogP contribution is 2.43. The van der Waals surface area contributed by atoms with Gasteiger partial charge in [-0.1, -0.05) is 35.9 Å². The molecule has 37 heavy (non-hydrogen) atoms. The molecule has 3 aromatic heterocycles. The summed E-state index contributed by atoms with van der Waals surface area (Å²) in [5.41, 5.74) is 2.22. The summed E-state index contributed by atoms with van der Waals surface area (Å²) >= 11 is 7.19. The Kier molecular flexibility index (Phi) is 5.43. The maximum absolute atomic E-state index is 13.5. The summed E-state index contributed by atoms with van der Waals surface area (Å²) in [7, 11) is 0. The molecule has 188 valence electrons. The molecule has 1 amide bonds. The van der Waals surface area contributed by atoms with E-state index in [1.54, 1.807) is 13.0 Å². The van der Waals surface area contributed by atoms with Gasteiger partial charge in [-0.15, -0.1) is 11.3 Å². The number of benzene rings is 2. The highest BCUT2D eigenvalue weighted by atomic mass is 35.5.